The van der Waals surface area contributed by atoms with Gasteiger partial charge in [-0.05, 0) is 19.1 Å². The maximum absolute atomic E-state index is 5.82. The summed E-state index contributed by atoms with van der Waals surface area (Å²) < 4.78 is 0. The first-order valence-electron chi connectivity index (χ1n) is 3.88. The van der Waals surface area contributed by atoms with Crippen molar-refractivity contribution in [3.05, 3.63) is 35.5 Å². The predicted molar refractivity (Wildman–Crippen MR) is 51.6 cm³/mol. The smallest absolute Gasteiger partial charge is 0.130 e. The summed E-state index contributed by atoms with van der Waals surface area (Å²) in [4.78, 5) is 11.0. The molecule has 0 atom stereocenters. The first-order valence-corrected chi connectivity index (χ1v) is 4.26. The molecule has 1 N–H and O–H groups in total. The van der Waals surface area contributed by atoms with E-state index in [0.29, 0.717) is 5.15 Å². The van der Waals surface area contributed by atoms with Crippen LogP contribution in [-0.4, -0.2) is 15.0 Å². The van der Waals surface area contributed by atoms with Gasteiger partial charge in [-0.2, -0.15) is 0 Å². The molecule has 0 fully saturated rings. The third-order valence-corrected chi connectivity index (χ3v) is 1.93. The van der Waals surface area contributed by atoms with Crippen molar-refractivity contribution in [2.24, 2.45) is 0 Å². The molecule has 0 saturated carbocycles. The molecule has 2 aromatic heterocycles. The number of nitrogens with zero attached hydrogens (tertiary/aromatic N) is 2. The summed E-state index contributed by atoms with van der Waals surface area (Å²) in [7, 11) is 0. The normalized spacial score (nSPS) is 10.3. The Balaban J connectivity index is 2.53. The Morgan fingerprint density at radius 2 is 2.23 bits per heavy atom. The molecule has 0 aromatic carbocycles. The van der Waals surface area contributed by atoms with E-state index in [4.69, 9.17) is 11.6 Å². The van der Waals surface area contributed by atoms with E-state index in [1.165, 1.54) is 0 Å². The third kappa shape index (κ3) is 1.70. The van der Waals surface area contributed by atoms with Gasteiger partial charge in [0.2, 0.25) is 0 Å². The van der Waals surface area contributed by atoms with Gasteiger partial charge < -0.3 is 4.98 Å². The molecule has 2 aromatic rings. The Labute approximate surface area is 80.8 Å². The minimum absolute atomic E-state index is 0.504. The number of aromatic amines is 1. The van der Waals surface area contributed by atoms with E-state index >= 15 is 0 Å². The van der Waals surface area contributed by atoms with Gasteiger partial charge in [0.05, 0.1) is 18.2 Å². The van der Waals surface area contributed by atoms with E-state index in [1.807, 2.05) is 19.1 Å². The summed E-state index contributed by atoms with van der Waals surface area (Å²) in [5.41, 5.74) is 2.86. The zero-order valence-corrected chi connectivity index (χ0v) is 7.84. The molecule has 0 aliphatic heterocycles. The summed E-state index contributed by atoms with van der Waals surface area (Å²) in [6.07, 6.45) is 3.39. The lowest BCUT2D eigenvalue weighted by molar-refractivity contribution is 1.20. The van der Waals surface area contributed by atoms with Crippen LogP contribution in [0, 0.1) is 6.92 Å². The average molecular weight is 194 g/mol. The number of aryl methyl sites for hydroxylation is 1. The quantitative estimate of drug-likeness (QED) is 0.707. The van der Waals surface area contributed by atoms with Crippen LogP contribution in [0.4, 0.5) is 0 Å². The molecule has 0 bridgehead atoms. The van der Waals surface area contributed by atoms with Crippen LogP contribution < -0.4 is 0 Å². The van der Waals surface area contributed by atoms with E-state index in [0.717, 1.165) is 17.0 Å². The molecule has 2 heterocycles. The van der Waals surface area contributed by atoms with Gasteiger partial charge in [-0.25, -0.2) is 9.97 Å². The van der Waals surface area contributed by atoms with E-state index in [-0.39, 0.29) is 0 Å². The highest BCUT2D eigenvalue weighted by molar-refractivity contribution is 6.29. The minimum Gasteiger partial charge on any atom is -0.345 e. The van der Waals surface area contributed by atoms with Gasteiger partial charge in [-0.3, -0.25) is 0 Å². The molecule has 0 saturated heterocycles. The van der Waals surface area contributed by atoms with Gasteiger partial charge in [0.1, 0.15) is 5.15 Å². The Morgan fingerprint density at radius 1 is 1.38 bits per heavy atom. The molecule has 4 heteroatoms. The maximum atomic E-state index is 5.82. The minimum atomic E-state index is 0.504. The number of hydrogen-bond acceptors (Lipinski definition) is 2. The van der Waals surface area contributed by atoms with E-state index in [9.17, 15) is 0 Å². The molecule has 0 radical (unpaired) electrons. The first kappa shape index (κ1) is 8.26. The number of pyridine rings is 1. The van der Waals surface area contributed by atoms with Crippen molar-refractivity contribution >= 4 is 11.6 Å². The topological polar surface area (TPSA) is 41.6 Å². The zero-order valence-electron chi connectivity index (χ0n) is 7.08. The lowest BCUT2D eigenvalue weighted by Crippen LogP contribution is -1.84. The van der Waals surface area contributed by atoms with Crippen LogP contribution in [0.15, 0.2) is 24.7 Å². The van der Waals surface area contributed by atoms with Crippen molar-refractivity contribution in [3.63, 3.8) is 0 Å². The number of hydrogen-bond donors (Lipinski definition) is 1. The third-order valence-electron chi connectivity index (χ3n) is 1.73. The molecule has 3 nitrogen and oxygen atoms in total. The van der Waals surface area contributed by atoms with Gasteiger partial charge in [-0.1, -0.05) is 11.6 Å². The van der Waals surface area contributed by atoms with E-state index in [2.05, 4.69) is 15.0 Å². The maximum Gasteiger partial charge on any atom is 0.130 e. The van der Waals surface area contributed by atoms with Crippen LogP contribution in [0.1, 0.15) is 5.69 Å². The van der Waals surface area contributed by atoms with Crippen molar-refractivity contribution in [2.45, 2.75) is 6.92 Å². The van der Waals surface area contributed by atoms with Gasteiger partial charge in [0, 0.05) is 11.3 Å². The lowest BCUT2D eigenvalue weighted by atomic mass is 10.2. The van der Waals surface area contributed by atoms with Crippen LogP contribution >= 0.6 is 11.6 Å². The fraction of sp³-hybridized carbons (Fsp3) is 0.111. The molecule has 0 amide bonds. The second-order valence-corrected chi connectivity index (χ2v) is 3.17. The second kappa shape index (κ2) is 3.18. The molecular formula is C9H8ClN3. The average Bonchev–Trinajstić information content (AvgIpc) is 2.53. The largest absolute Gasteiger partial charge is 0.345 e. The van der Waals surface area contributed by atoms with Crippen LogP contribution in [-0.2, 0) is 0 Å². The monoisotopic (exact) mass is 193 g/mol. The summed E-state index contributed by atoms with van der Waals surface area (Å²) in [5, 5.41) is 0.504. The van der Waals surface area contributed by atoms with Gasteiger partial charge in [-0.15, -0.1) is 0 Å². The Kier molecular flexibility index (Phi) is 2.02. The van der Waals surface area contributed by atoms with Crippen molar-refractivity contribution in [2.75, 3.05) is 0 Å². The van der Waals surface area contributed by atoms with E-state index in [1.54, 1.807) is 12.5 Å². The molecular weight excluding hydrogens is 186 g/mol. The number of rotatable bonds is 1. The van der Waals surface area contributed by atoms with Crippen molar-refractivity contribution in [1.82, 2.24) is 15.0 Å². The van der Waals surface area contributed by atoms with E-state index < -0.39 is 0 Å². The molecule has 0 aliphatic rings. The van der Waals surface area contributed by atoms with Crippen molar-refractivity contribution in [3.8, 4) is 11.3 Å². The molecule has 0 spiro atoms. The van der Waals surface area contributed by atoms with Gasteiger partial charge in [0.15, 0.2) is 0 Å². The summed E-state index contributed by atoms with van der Waals surface area (Å²) in [5.74, 6) is 0. The number of aromatic nitrogens is 3. The lowest BCUT2D eigenvalue weighted by Gasteiger charge is -1.99. The highest BCUT2D eigenvalue weighted by Crippen LogP contribution is 2.19. The highest BCUT2D eigenvalue weighted by Gasteiger charge is 2.01. The van der Waals surface area contributed by atoms with Crippen LogP contribution in [0.25, 0.3) is 11.3 Å². The fourth-order valence-corrected chi connectivity index (χ4v) is 1.45. The van der Waals surface area contributed by atoms with Gasteiger partial charge in [0.25, 0.3) is 0 Å². The standard InChI is InChI=1S/C9H8ClN3/c1-6-2-7(3-9(10)13-6)8-4-11-5-12-8/h2-5H,1H3,(H,11,12). The molecule has 0 aliphatic carbocycles. The number of imidazole rings is 1. The number of H-pyrrole nitrogens is 1. The number of halogens is 1. The molecule has 13 heavy (non-hydrogen) atoms. The molecule has 66 valence electrons. The molecule has 2 rings (SSSR count). The van der Waals surface area contributed by atoms with Crippen LogP contribution in [0.2, 0.25) is 5.15 Å². The van der Waals surface area contributed by atoms with Crippen LogP contribution in [0.3, 0.4) is 0 Å². The van der Waals surface area contributed by atoms with Gasteiger partial charge >= 0.3 is 0 Å². The Morgan fingerprint density at radius 3 is 2.85 bits per heavy atom. The Hall–Kier alpha value is -1.35. The second-order valence-electron chi connectivity index (χ2n) is 2.79. The SMILES string of the molecule is Cc1cc(-c2cnc[nH]2)cc(Cl)n1. The zero-order chi connectivity index (χ0) is 9.26. The summed E-state index contributed by atoms with van der Waals surface area (Å²) >= 11 is 5.82. The summed E-state index contributed by atoms with van der Waals surface area (Å²) in [6, 6.07) is 3.77. The number of nitrogens with one attached hydrogen (secondary N) is 1. The Bertz CT molecular complexity index is 389. The first-order chi connectivity index (χ1) is 6.25. The molecule has 0 unspecified atom stereocenters. The fourth-order valence-electron chi connectivity index (χ4n) is 1.20. The summed E-state index contributed by atoms with van der Waals surface area (Å²) in [6.45, 7) is 1.91. The van der Waals surface area contributed by atoms with Crippen molar-refractivity contribution < 1.29 is 0 Å². The van der Waals surface area contributed by atoms with Crippen molar-refractivity contribution in [1.29, 1.82) is 0 Å². The predicted octanol–water partition coefficient (Wildman–Crippen LogP) is 2.43. The highest BCUT2D eigenvalue weighted by atomic mass is 35.5. The van der Waals surface area contributed by atoms with Crippen LogP contribution in [0.5, 0.6) is 0 Å².